The number of hydrogen-bond acceptors (Lipinski definition) is 7. The summed E-state index contributed by atoms with van der Waals surface area (Å²) < 4.78 is 6.33. The van der Waals surface area contributed by atoms with E-state index in [2.05, 4.69) is 51.3 Å². The van der Waals surface area contributed by atoms with Crippen LogP contribution in [0.1, 0.15) is 36.9 Å². The summed E-state index contributed by atoms with van der Waals surface area (Å²) in [5.41, 5.74) is 3.56. The highest BCUT2D eigenvalue weighted by Crippen LogP contribution is 2.39. The van der Waals surface area contributed by atoms with Gasteiger partial charge in [0.25, 0.3) is 0 Å². The van der Waals surface area contributed by atoms with E-state index in [0.717, 1.165) is 61.1 Å². The van der Waals surface area contributed by atoms with Crippen molar-refractivity contribution in [1.82, 2.24) is 20.2 Å². The summed E-state index contributed by atoms with van der Waals surface area (Å²) in [7, 11) is 2.19. The van der Waals surface area contributed by atoms with Gasteiger partial charge < -0.3 is 24.8 Å². The molecule has 4 aliphatic heterocycles. The molecule has 1 N–H and O–H groups in total. The largest absolute Gasteiger partial charge is 0.462 e. The fourth-order valence-corrected chi connectivity index (χ4v) is 7.18. The molecule has 7 rings (SSSR count). The van der Waals surface area contributed by atoms with Gasteiger partial charge in [-0.05, 0) is 63.2 Å². The zero-order valence-corrected chi connectivity index (χ0v) is 22.3. The Morgan fingerprint density at radius 3 is 2.62 bits per heavy atom. The average Bonchev–Trinajstić information content (AvgIpc) is 3.44. The van der Waals surface area contributed by atoms with Crippen molar-refractivity contribution in [1.29, 1.82) is 0 Å². The fraction of sp³-hybridized carbons (Fsp3) is 0.517. The van der Waals surface area contributed by atoms with Crippen LogP contribution in [0.3, 0.4) is 0 Å². The minimum atomic E-state index is 0.438. The number of anilines is 2. The molecule has 2 bridgehead atoms. The van der Waals surface area contributed by atoms with Crippen LogP contribution in [0.4, 0.5) is 11.5 Å². The zero-order valence-electron chi connectivity index (χ0n) is 21.5. The Morgan fingerprint density at radius 1 is 1.03 bits per heavy atom. The lowest BCUT2D eigenvalue weighted by Gasteiger charge is -2.39. The molecule has 194 valence electrons. The van der Waals surface area contributed by atoms with E-state index in [9.17, 15) is 0 Å². The Labute approximate surface area is 223 Å². The van der Waals surface area contributed by atoms with Gasteiger partial charge >= 0.3 is 6.01 Å². The second kappa shape index (κ2) is 9.61. The first-order chi connectivity index (χ1) is 18.2. The molecule has 3 atom stereocenters. The van der Waals surface area contributed by atoms with Gasteiger partial charge in [0.1, 0.15) is 12.4 Å². The smallest absolute Gasteiger partial charge is 0.318 e. The number of fused-ring (bicyclic) bond motifs is 4. The number of nitrogens with one attached hydrogen (secondary N) is 1. The van der Waals surface area contributed by atoms with Gasteiger partial charge in [-0.15, -0.1) is 0 Å². The Balaban J connectivity index is 1.25. The van der Waals surface area contributed by atoms with Crippen LogP contribution < -0.4 is 19.9 Å². The van der Waals surface area contributed by atoms with Crippen molar-refractivity contribution in [2.45, 2.75) is 56.8 Å². The van der Waals surface area contributed by atoms with E-state index >= 15 is 0 Å². The summed E-state index contributed by atoms with van der Waals surface area (Å²) >= 11 is 6.70. The number of benzene rings is 2. The van der Waals surface area contributed by atoms with Crippen molar-refractivity contribution < 1.29 is 4.74 Å². The summed E-state index contributed by atoms with van der Waals surface area (Å²) in [6.07, 6.45) is 5.76. The van der Waals surface area contributed by atoms with Gasteiger partial charge in [0, 0.05) is 54.4 Å². The predicted octanol–water partition coefficient (Wildman–Crippen LogP) is 4.26. The molecule has 4 aliphatic rings. The topological polar surface area (TPSA) is 56.8 Å². The van der Waals surface area contributed by atoms with Crippen LogP contribution in [-0.2, 0) is 13.0 Å². The highest BCUT2D eigenvalue weighted by Gasteiger charge is 2.40. The molecular weight excluding hydrogens is 484 g/mol. The average molecular weight is 519 g/mol. The number of nitrogens with zero attached hydrogens (tertiary/aromatic N) is 5. The molecule has 2 aromatic carbocycles. The van der Waals surface area contributed by atoms with E-state index in [4.69, 9.17) is 26.3 Å². The minimum absolute atomic E-state index is 0.438. The van der Waals surface area contributed by atoms with Crippen molar-refractivity contribution in [2.75, 3.05) is 49.6 Å². The maximum Gasteiger partial charge on any atom is 0.318 e. The molecule has 8 heteroatoms. The van der Waals surface area contributed by atoms with Crippen molar-refractivity contribution in [3.05, 3.63) is 52.7 Å². The van der Waals surface area contributed by atoms with Crippen LogP contribution in [0, 0.1) is 0 Å². The lowest BCUT2D eigenvalue weighted by molar-refractivity contribution is 0.187. The van der Waals surface area contributed by atoms with E-state index in [1.807, 2.05) is 12.1 Å². The molecule has 3 aromatic rings. The van der Waals surface area contributed by atoms with Gasteiger partial charge in [0.05, 0.1) is 17.3 Å². The first-order valence-corrected chi connectivity index (χ1v) is 14.2. The Morgan fingerprint density at radius 2 is 1.84 bits per heavy atom. The zero-order chi connectivity index (χ0) is 24.9. The molecule has 0 amide bonds. The number of likely N-dealkylation sites (tertiary alicyclic amines) is 1. The van der Waals surface area contributed by atoms with Gasteiger partial charge in [0.15, 0.2) is 0 Å². The Bertz CT molecular complexity index is 1300. The van der Waals surface area contributed by atoms with Crippen molar-refractivity contribution >= 4 is 33.9 Å². The molecule has 1 aromatic heterocycles. The number of aromatic nitrogens is 2. The van der Waals surface area contributed by atoms with E-state index in [0.29, 0.717) is 30.7 Å². The first-order valence-electron chi connectivity index (χ1n) is 13.8. The van der Waals surface area contributed by atoms with Gasteiger partial charge in [0.2, 0.25) is 0 Å². The van der Waals surface area contributed by atoms with E-state index in [-0.39, 0.29) is 0 Å². The normalized spacial score (nSPS) is 25.6. The summed E-state index contributed by atoms with van der Waals surface area (Å²) in [4.78, 5) is 17.5. The standard InChI is InChI=1S/C29H35ClN6O/c1-34-13-4-7-22(34)18-37-29-32-25-17-35(26-9-3-6-19-5-2-8-24(30)27(19)26)14-12-23(25)28(33-29)36-20-10-11-21(36)16-31-15-20/h2-3,5-6,8-9,20-22,31H,4,7,10-18H2,1H3/t20-,21-,22-/m0/s1. The molecular formula is C29H35ClN6O. The summed E-state index contributed by atoms with van der Waals surface area (Å²) in [6.45, 7) is 5.49. The van der Waals surface area contributed by atoms with Gasteiger partial charge in [-0.3, -0.25) is 0 Å². The molecule has 3 saturated heterocycles. The quantitative estimate of drug-likeness (QED) is 0.541. The van der Waals surface area contributed by atoms with Gasteiger partial charge in [-0.25, -0.2) is 0 Å². The minimum Gasteiger partial charge on any atom is -0.462 e. The summed E-state index contributed by atoms with van der Waals surface area (Å²) in [5, 5.41) is 6.70. The highest BCUT2D eigenvalue weighted by molar-refractivity contribution is 6.36. The van der Waals surface area contributed by atoms with E-state index in [1.54, 1.807) is 0 Å². The molecule has 37 heavy (non-hydrogen) atoms. The third kappa shape index (κ3) is 4.21. The Kier molecular flexibility index (Phi) is 6.10. The molecule has 0 spiro atoms. The van der Waals surface area contributed by atoms with E-state index in [1.165, 1.54) is 42.3 Å². The van der Waals surface area contributed by atoms with E-state index < -0.39 is 0 Å². The van der Waals surface area contributed by atoms with Crippen LogP contribution in [0.25, 0.3) is 10.8 Å². The first kappa shape index (κ1) is 23.5. The summed E-state index contributed by atoms with van der Waals surface area (Å²) in [5.74, 6) is 1.12. The number of hydrogen-bond donors (Lipinski definition) is 1. The third-order valence-electron chi connectivity index (χ3n) is 8.90. The monoisotopic (exact) mass is 518 g/mol. The third-order valence-corrected chi connectivity index (χ3v) is 9.21. The number of halogens is 1. The molecule has 0 aliphatic carbocycles. The highest BCUT2D eigenvalue weighted by atomic mass is 35.5. The SMILES string of the molecule is CN1CCC[C@H]1COc1nc2c(c(N3[C@H]4CC[C@H]3CNC4)n1)CCN(c1cccc3cccc(Cl)c13)C2. The summed E-state index contributed by atoms with van der Waals surface area (Å²) in [6, 6.07) is 14.6. The van der Waals surface area contributed by atoms with Gasteiger partial charge in [-0.1, -0.05) is 35.9 Å². The molecule has 0 unspecified atom stereocenters. The van der Waals surface area contributed by atoms with Crippen LogP contribution in [-0.4, -0.2) is 72.8 Å². The van der Waals surface area contributed by atoms with Crippen LogP contribution in [0.5, 0.6) is 6.01 Å². The van der Waals surface area contributed by atoms with Crippen molar-refractivity contribution in [2.24, 2.45) is 0 Å². The second-order valence-corrected chi connectivity index (χ2v) is 11.5. The maximum absolute atomic E-state index is 6.70. The predicted molar refractivity (Wildman–Crippen MR) is 149 cm³/mol. The number of likely N-dealkylation sites (N-methyl/N-ethyl adjacent to an activating group) is 1. The van der Waals surface area contributed by atoms with Crippen molar-refractivity contribution in [3.63, 3.8) is 0 Å². The van der Waals surface area contributed by atoms with Crippen LogP contribution in [0.15, 0.2) is 36.4 Å². The molecule has 5 heterocycles. The van der Waals surface area contributed by atoms with Crippen molar-refractivity contribution in [3.8, 4) is 6.01 Å². The fourth-order valence-electron chi connectivity index (χ4n) is 6.90. The lowest BCUT2D eigenvalue weighted by Crippen LogP contribution is -2.53. The number of rotatable bonds is 5. The van der Waals surface area contributed by atoms with Crippen LogP contribution >= 0.6 is 11.6 Å². The maximum atomic E-state index is 6.70. The molecule has 7 nitrogen and oxygen atoms in total. The number of piperazine rings is 1. The molecule has 3 fully saturated rings. The van der Waals surface area contributed by atoms with Crippen LogP contribution in [0.2, 0.25) is 5.02 Å². The molecule has 0 radical (unpaired) electrons. The second-order valence-electron chi connectivity index (χ2n) is 11.1. The lowest BCUT2D eigenvalue weighted by atomic mass is 10.0. The van der Waals surface area contributed by atoms with Gasteiger partial charge in [-0.2, -0.15) is 9.97 Å². The Hall–Kier alpha value is -2.61. The number of ether oxygens (including phenoxy) is 1. The molecule has 0 saturated carbocycles.